The quantitative estimate of drug-likeness (QED) is 0.587. The molecule has 0 amide bonds. The summed E-state index contributed by atoms with van der Waals surface area (Å²) >= 11 is 3.19. The molecule has 0 unspecified atom stereocenters. The van der Waals surface area contributed by atoms with Gasteiger partial charge in [0.05, 0.1) is 11.4 Å². The van der Waals surface area contributed by atoms with E-state index in [2.05, 4.69) is 75.8 Å². The van der Waals surface area contributed by atoms with Crippen LogP contribution in [0.4, 0.5) is 10.3 Å². The van der Waals surface area contributed by atoms with Crippen LogP contribution in [0.15, 0.2) is 24.3 Å². The van der Waals surface area contributed by atoms with Crippen molar-refractivity contribution in [2.45, 2.75) is 65.2 Å². The summed E-state index contributed by atoms with van der Waals surface area (Å²) in [7, 11) is 0. The maximum Gasteiger partial charge on any atom is 0.180 e. The van der Waals surface area contributed by atoms with Crippen molar-refractivity contribution in [2.75, 3.05) is 11.5 Å². The fraction of sp³-hybridized carbons (Fsp3) is 0.455. The maximum absolute atomic E-state index is 6.01. The summed E-state index contributed by atoms with van der Waals surface area (Å²) in [5, 5.41) is 1.29. The minimum Gasteiger partial charge on any atom is -0.375 e. The molecule has 0 bridgehead atoms. The number of anilines is 2. The van der Waals surface area contributed by atoms with Gasteiger partial charge in [0, 0.05) is 33.4 Å². The molecule has 2 aromatic heterocycles. The molecule has 0 aliphatic rings. The summed E-state index contributed by atoms with van der Waals surface area (Å²) < 4.78 is 0. The first kappa shape index (κ1) is 20.8. The van der Waals surface area contributed by atoms with E-state index in [1.54, 1.807) is 22.7 Å². The minimum absolute atomic E-state index is 0.0111. The summed E-state index contributed by atoms with van der Waals surface area (Å²) in [4.78, 5) is 11.7. The van der Waals surface area contributed by atoms with E-state index in [0.717, 1.165) is 24.2 Å². The smallest absolute Gasteiger partial charge is 0.180 e. The lowest BCUT2D eigenvalue weighted by molar-refractivity contribution is 0.568. The third-order valence-corrected chi connectivity index (χ3v) is 6.34. The van der Waals surface area contributed by atoms with Gasteiger partial charge in [0.1, 0.15) is 0 Å². The Morgan fingerprint density at radius 1 is 0.750 bits per heavy atom. The fourth-order valence-electron chi connectivity index (χ4n) is 3.37. The molecule has 6 heteroatoms. The van der Waals surface area contributed by atoms with E-state index in [1.165, 1.54) is 20.9 Å². The first-order chi connectivity index (χ1) is 12.9. The number of benzene rings is 1. The minimum atomic E-state index is -0.0111. The Kier molecular flexibility index (Phi) is 5.56. The largest absolute Gasteiger partial charge is 0.375 e. The van der Waals surface area contributed by atoms with Crippen molar-refractivity contribution in [1.29, 1.82) is 0 Å². The van der Waals surface area contributed by atoms with Crippen LogP contribution >= 0.6 is 22.7 Å². The third kappa shape index (κ3) is 4.73. The molecule has 0 saturated heterocycles. The number of nitrogens with two attached hydrogens (primary N) is 2. The zero-order valence-electron chi connectivity index (χ0n) is 17.6. The van der Waals surface area contributed by atoms with Gasteiger partial charge in [-0.1, -0.05) is 65.8 Å². The Morgan fingerprint density at radius 2 is 1.14 bits per heavy atom. The molecule has 0 radical (unpaired) electrons. The number of thiazole rings is 2. The highest BCUT2D eigenvalue weighted by atomic mass is 32.1. The van der Waals surface area contributed by atoms with Gasteiger partial charge in [-0.15, -0.1) is 22.7 Å². The second kappa shape index (κ2) is 7.48. The van der Waals surface area contributed by atoms with Crippen molar-refractivity contribution >= 4 is 32.9 Å². The molecule has 3 aromatic rings. The molecule has 4 N–H and O–H groups in total. The number of aromatic nitrogens is 2. The highest BCUT2D eigenvalue weighted by Crippen LogP contribution is 2.34. The fourth-order valence-corrected chi connectivity index (χ4v) is 5.53. The first-order valence-corrected chi connectivity index (χ1v) is 11.2. The number of hydrogen-bond donors (Lipinski definition) is 2. The Bertz CT molecular complexity index is 896. The number of rotatable bonds is 4. The molecule has 0 aliphatic carbocycles. The molecule has 150 valence electrons. The summed E-state index contributed by atoms with van der Waals surface area (Å²) in [5.41, 5.74) is 16.8. The predicted molar refractivity (Wildman–Crippen MR) is 123 cm³/mol. The van der Waals surface area contributed by atoms with Gasteiger partial charge in [0.15, 0.2) is 10.3 Å². The van der Waals surface area contributed by atoms with Crippen molar-refractivity contribution in [2.24, 2.45) is 0 Å². The summed E-state index contributed by atoms with van der Waals surface area (Å²) in [6.07, 6.45) is 1.71. The van der Waals surface area contributed by atoms with Crippen molar-refractivity contribution < 1.29 is 0 Å². The van der Waals surface area contributed by atoms with Gasteiger partial charge in [-0.2, -0.15) is 0 Å². The number of hydrogen-bond acceptors (Lipinski definition) is 6. The van der Waals surface area contributed by atoms with Crippen LogP contribution in [0.5, 0.6) is 0 Å². The lowest BCUT2D eigenvalue weighted by Crippen LogP contribution is -2.14. The Labute approximate surface area is 176 Å². The van der Waals surface area contributed by atoms with E-state index in [-0.39, 0.29) is 10.8 Å². The molecule has 2 heterocycles. The predicted octanol–water partition coefficient (Wildman–Crippen LogP) is 5.54. The molecule has 0 atom stereocenters. The van der Waals surface area contributed by atoms with Crippen LogP contribution in [0.3, 0.4) is 0 Å². The van der Waals surface area contributed by atoms with Crippen LogP contribution in [0.25, 0.3) is 0 Å². The van der Waals surface area contributed by atoms with Gasteiger partial charge < -0.3 is 11.5 Å². The van der Waals surface area contributed by atoms with Gasteiger partial charge in [-0.3, -0.25) is 0 Å². The van der Waals surface area contributed by atoms with Crippen molar-refractivity contribution in [3.05, 3.63) is 56.5 Å². The lowest BCUT2D eigenvalue weighted by Gasteiger charge is -2.18. The Hall–Kier alpha value is -1.92. The molecule has 0 fully saturated rings. The van der Waals surface area contributed by atoms with E-state index in [4.69, 9.17) is 11.5 Å². The molecule has 1 aromatic carbocycles. The van der Waals surface area contributed by atoms with Crippen molar-refractivity contribution in [3.8, 4) is 0 Å². The lowest BCUT2D eigenvalue weighted by atomic mass is 9.89. The van der Waals surface area contributed by atoms with E-state index >= 15 is 0 Å². The molecule has 3 rings (SSSR count). The third-order valence-electron chi connectivity index (χ3n) is 4.57. The van der Waals surface area contributed by atoms with E-state index < -0.39 is 0 Å². The van der Waals surface area contributed by atoms with E-state index in [1.807, 2.05) is 0 Å². The normalized spacial score (nSPS) is 12.5. The SMILES string of the molecule is CC(C)(C)c1nc(N)sc1Cc1cccc(Cc2sc(N)nc2C(C)(C)C)c1. The molecule has 4 nitrogen and oxygen atoms in total. The van der Waals surface area contributed by atoms with Crippen molar-refractivity contribution in [3.63, 3.8) is 0 Å². The zero-order chi connectivity index (χ0) is 20.7. The average Bonchev–Trinajstić information content (AvgIpc) is 3.10. The molecular formula is C22H30N4S2. The first-order valence-electron chi connectivity index (χ1n) is 9.52. The van der Waals surface area contributed by atoms with Gasteiger partial charge in [0.2, 0.25) is 0 Å². The van der Waals surface area contributed by atoms with E-state index in [9.17, 15) is 0 Å². The van der Waals surface area contributed by atoms with Crippen LogP contribution in [0.1, 0.15) is 73.8 Å². The second-order valence-electron chi connectivity index (χ2n) is 9.32. The summed E-state index contributed by atoms with van der Waals surface area (Å²) in [5.74, 6) is 0. The monoisotopic (exact) mass is 414 g/mol. The molecular weight excluding hydrogens is 384 g/mol. The second-order valence-corrected chi connectivity index (χ2v) is 11.6. The molecule has 0 aliphatic heterocycles. The standard InChI is InChI=1S/C22H30N4S2/c1-21(2,3)17-15(27-19(23)25-17)11-13-8-7-9-14(10-13)12-16-18(22(4,5)6)26-20(24)28-16/h7-10H,11-12H2,1-6H3,(H2,23,25)(H2,24,26). The molecule has 28 heavy (non-hydrogen) atoms. The maximum atomic E-state index is 6.01. The van der Waals surface area contributed by atoms with Crippen LogP contribution in [0, 0.1) is 0 Å². The van der Waals surface area contributed by atoms with Crippen LogP contribution in [-0.4, -0.2) is 9.97 Å². The van der Waals surface area contributed by atoms with Gasteiger partial charge in [-0.05, 0) is 11.1 Å². The van der Waals surface area contributed by atoms with Crippen molar-refractivity contribution in [1.82, 2.24) is 9.97 Å². The average molecular weight is 415 g/mol. The number of nitrogens with zero attached hydrogens (tertiary/aromatic N) is 2. The van der Waals surface area contributed by atoms with Gasteiger partial charge in [0.25, 0.3) is 0 Å². The Balaban J connectivity index is 1.87. The van der Waals surface area contributed by atoms with Gasteiger partial charge >= 0.3 is 0 Å². The number of nitrogen functional groups attached to an aromatic ring is 2. The van der Waals surface area contributed by atoms with Crippen LogP contribution < -0.4 is 11.5 Å². The summed E-state index contributed by atoms with van der Waals surface area (Å²) in [6.45, 7) is 13.1. The molecule has 0 spiro atoms. The Morgan fingerprint density at radius 3 is 1.50 bits per heavy atom. The highest BCUT2D eigenvalue weighted by molar-refractivity contribution is 7.15. The van der Waals surface area contributed by atoms with Crippen LogP contribution in [0.2, 0.25) is 0 Å². The zero-order valence-corrected chi connectivity index (χ0v) is 19.2. The summed E-state index contributed by atoms with van der Waals surface area (Å²) in [6, 6.07) is 8.77. The van der Waals surface area contributed by atoms with E-state index in [0.29, 0.717) is 10.3 Å². The highest BCUT2D eigenvalue weighted by Gasteiger charge is 2.24. The molecule has 0 saturated carbocycles. The van der Waals surface area contributed by atoms with Crippen LogP contribution in [-0.2, 0) is 23.7 Å². The van der Waals surface area contributed by atoms with Gasteiger partial charge in [-0.25, -0.2) is 9.97 Å². The topological polar surface area (TPSA) is 77.8 Å².